The fraction of sp³-hybridized carbons (Fsp3) is 0.0156. The zero-order valence-corrected chi connectivity index (χ0v) is 36.9. The predicted molar refractivity (Wildman–Crippen MR) is 277 cm³/mol. The second-order valence-corrected chi connectivity index (χ2v) is 17.4. The van der Waals surface area contributed by atoms with Gasteiger partial charge in [0.25, 0.3) is 0 Å². The van der Waals surface area contributed by atoms with Gasteiger partial charge in [-0.3, -0.25) is 0 Å². The summed E-state index contributed by atoms with van der Waals surface area (Å²) in [7, 11) is 0. The van der Waals surface area contributed by atoms with Gasteiger partial charge in [0.1, 0.15) is 11.2 Å². The molecule has 12 aromatic rings. The minimum atomic E-state index is -0.510. The monoisotopic (exact) mass is 867 g/mol. The van der Waals surface area contributed by atoms with Gasteiger partial charge in [0, 0.05) is 27.5 Å². The summed E-state index contributed by atoms with van der Waals surface area (Å²) in [5, 5.41) is 2.07. The van der Waals surface area contributed by atoms with E-state index in [2.05, 4.69) is 212 Å². The molecule has 4 nitrogen and oxygen atoms in total. The molecule has 1 aliphatic rings. The number of fused-ring (bicyclic) bond motifs is 6. The second-order valence-electron chi connectivity index (χ2n) is 17.4. The summed E-state index contributed by atoms with van der Waals surface area (Å²) in [6.07, 6.45) is 0. The highest BCUT2D eigenvalue weighted by atomic mass is 16.3. The number of hydrogen-bond donors (Lipinski definition) is 0. The van der Waals surface area contributed by atoms with Crippen molar-refractivity contribution in [2.75, 3.05) is 0 Å². The molecule has 4 heteroatoms. The van der Waals surface area contributed by atoms with Crippen LogP contribution in [0.3, 0.4) is 0 Å². The van der Waals surface area contributed by atoms with E-state index in [0.717, 1.165) is 72.0 Å². The first-order chi connectivity index (χ1) is 33.7. The Balaban J connectivity index is 1.11. The zero-order chi connectivity index (χ0) is 45.0. The number of benzene rings is 10. The van der Waals surface area contributed by atoms with Crippen molar-refractivity contribution in [3.05, 3.63) is 271 Å². The molecule has 0 aliphatic heterocycles. The summed E-state index contributed by atoms with van der Waals surface area (Å²) in [4.78, 5) is 16.1. The lowest BCUT2D eigenvalue weighted by atomic mass is 9.67. The molecule has 318 valence electrons. The van der Waals surface area contributed by atoms with E-state index in [1.165, 1.54) is 33.4 Å². The largest absolute Gasteiger partial charge is 0.455 e. The molecular weight excluding hydrogens is 827 g/mol. The minimum absolute atomic E-state index is 0.510. The second kappa shape index (κ2) is 16.2. The number of para-hydroxylation sites is 2. The quantitative estimate of drug-likeness (QED) is 0.153. The molecule has 0 saturated heterocycles. The van der Waals surface area contributed by atoms with Crippen LogP contribution in [-0.4, -0.2) is 15.0 Å². The van der Waals surface area contributed by atoms with E-state index in [9.17, 15) is 0 Å². The average Bonchev–Trinajstić information content (AvgIpc) is 3.95. The number of nitrogens with zero attached hydrogens (tertiary/aromatic N) is 3. The van der Waals surface area contributed by atoms with Crippen molar-refractivity contribution < 1.29 is 4.42 Å². The standard InChI is InChI=1S/C64H41N3O/c1-6-21-42(22-7-1)46-40-53(45-37-38-57-54(39-45)49-31-16-18-35-56(49)64(57,47-27-12-4-13-28-47)48-29-14-5-15-30-48)59(43-23-8-2-9-24-43)55(41-46)63-66-61(44-25-10-3-11-26-44)65-62(67-63)52-34-20-33-51-50-32-17-19-36-58(50)68-60(51)52/h1-41H. The van der Waals surface area contributed by atoms with Crippen LogP contribution in [-0.2, 0) is 5.41 Å². The van der Waals surface area contributed by atoms with Gasteiger partial charge in [-0.15, -0.1) is 0 Å². The van der Waals surface area contributed by atoms with Gasteiger partial charge in [0.15, 0.2) is 17.5 Å². The highest BCUT2D eigenvalue weighted by Gasteiger charge is 2.46. The third-order valence-corrected chi connectivity index (χ3v) is 13.6. The molecule has 0 bridgehead atoms. The lowest BCUT2D eigenvalue weighted by Gasteiger charge is -2.34. The van der Waals surface area contributed by atoms with Crippen molar-refractivity contribution in [1.82, 2.24) is 15.0 Å². The Labute approximate surface area is 394 Å². The van der Waals surface area contributed by atoms with E-state index in [4.69, 9.17) is 19.4 Å². The van der Waals surface area contributed by atoms with Gasteiger partial charge >= 0.3 is 0 Å². The van der Waals surface area contributed by atoms with Crippen molar-refractivity contribution in [2.24, 2.45) is 0 Å². The summed E-state index contributed by atoms with van der Waals surface area (Å²) in [6.45, 7) is 0. The SMILES string of the molecule is c1ccc(-c2cc(-c3ccc4c(c3)-c3ccccc3C4(c3ccccc3)c3ccccc3)c(-c3ccccc3)c(-c3nc(-c4ccccc4)nc(-c4cccc5c4oc4ccccc45)n3)c2)cc1. The number of rotatable bonds is 8. The van der Waals surface area contributed by atoms with Crippen molar-refractivity contribution in [1.29, 1.82) is 0 Å². The van der Waals surface area contributed by atoms with Gasteiger partial charge in [-0.1, -0.05) is 218 Å². The molecule has 0 saturated carbocycles. The van der Waals surface area contributed by atoms with Crippen LogP contribution in [0.2, 0.25) is 0 Å². The summed E-state index contributed by atoms with van der Waals surface area (Å²) >= 11 is 0. The normalized spacial score (nSPS) is 12.5. The topological polar surface area (TPSA) is 51.8 Å². The van der Waals surface area contributed by atoms with Crippen molar-refractivity contribution in [3.63, 3.8) is 0 Å². The lowest BCUT2D eigenvalue weighted by molar-refractivity contribution is 0.669. The molecule has 0 fully saturated rings. The van der Waals surface area contributed by atoms with E-state index in [1.54, 1.807) is 0 Å². The highest BCUT2D eigenvalue weighted by Crippen LogP contribution is 2.57. The van der Waals surface area contributed by atoms with Crippen LogP contribution < -0.4 is 0 Å². The Morgan fingerprint density at radius 1 is 0.294 bits per heavy atom. The van der Waals surface area contributed by atoms with Crippen molar-refractivity contribution in [3.8, 4) is 78.7 Å². The maximum atomic E-state index is 6.61. The molecule has 0 amide bonds. The van der Waals surface area contributed by atoms with Crippen LogP contribution in [0.4, 0.5) is 0 Å². The zero-order valence-electron chi connectivity index (χ0n) is 36.9. The van der Waals surface area contributed by atoms with Gasteiger partial charge < -0.3 is 4.42 Å². The Morgan fingerprint density at radius 2 is 0.794 bits per heavy atom. The van der Waals surface area contributed by atoms with Gasteiger partial charge in [0.05, 0.1) is 11.0 Å². The molecule has 10 aromatic carbocycles. The average molecular weight is 868 g/mol. The maximum Gasteiger partial charge on any atom is 0.167 e. The first-order valence-corrected chi connectivity index (χ1v) is 23.1. The van der Waals surface area contributed by atoms with Gasteiger partial charge in [0.2, 0.25) is 0 Å². The first kappa shape index (κ1) is 39.4. The molecule has 0 atom stereocenters. The summed E-state index contributed by atoms with van der Waals surface area (Å²) < 4.78 is 6.61. The van der Waals surface area contributed by atoms with Crippen LogP contribution in [0, 0.1) is 0 Å². The van der Waals surface area contributed by atoms with E-state index in [1.807, 2.05) is 36.4 Å². The Bertz CT molecular complexity index is 3790. The summed E-state index contributed by atoms with van der Waals surface area (Å²) in [5.74, 6) is 1.69. The van der Waals surface area contributed by atoms with E-state index in [0.29, 0.717) is 17.5 Å². The molecule has 2 heterocycles. The molecule has 1 aliphatic carbocycles. The predicted octanol–water partition coefficient (Wildman–Crippen LogP) is 16.1. The van der Waals surface area contributed by atoms with Gasteiger partial charge in [-0.2, -0.15) is 0 Å². The molecule has 68 heavy (non-hydrogen) atoms. The van der Waals surface area contributed by atoms with Crippen molar-refractivity contribution >= 4 is 21.9 Å². The van der Waals surface area contributed by atoms with Crippen LogP contribution in [0.25, 0.3) is 101 Å². The van der Waals surface area contributed by atoms with Gasteiger partial charge in [-0.05, 0) is 91.5 Å². The van der Waals surface area contributed by atoms with Crippen molar-refractivity contribution in [2.45, 2.75) is 5.41 Å². The summed E-state index contributed by atoms with van der Waals surface area (Å²) in [5.41, 5.74) is 17.5. The van der Waals surface area contributed by atoms with Crippen LogP contribution >= 0.6 is 0 Å². The molecule has 2 aromatic heterocycles. The molecule has 13 rings (SSSR count). The van der Waals surface area contributed by atoms with E-state index in [-0.39, 0.29) is 0 Å². The first-order valence-electron chi connectivity index (χ1n) is 23.1. The fourth-order valence-electron chi connectivity index (χ4n) is 10.6. The van der Waals surface area contributed by atoms with E-state index >= 15 is 0 Å². The molecule has 0 spiro atoms. The Morgan fingerprint density at radius 3 is 1.50 bits per heavy atom. The smallest absolute Gasteiger partial charge is 0.167 e. The third-order valence-electron chi connectivity index (χ3n) is 13.6. The fourth-order valence-corrected chi connectivity index (χ4v) is 10.6. The summed E-state index contributed by atoms with van der Waals surface area (Å²) in [6, 6.07) is 88.4. The maximum absolute atomic E-state index is 6.61. The molecular formula is C64H41N3O. The molecule has 0 radical (unpaired) electrons. The number of furan rings is 1. The van der Waals surface area contributed by atoms with Crippen LogP contribution in [0.1, 0.15) is 22.3 Å². The number of aromatic nitrogens is 3. The van der Waals surface area contributed by atoms with Crippen LogP contribution in [0.5, 0.6) is 0 Å². The highest BCUT2D eigenvalue weighted by molar-refractivity contribution is 6.09. The lowest BCUT2D eigenvalue weighted by Crippen LogP contribution is -2.28. The Kier molecular flexibility index (Phi) is 9.36. The Hall–Kier alpha value is -8.99. The van der Waals surface area contributed by atoms with E-state index < -0.39 is 5.41 Å². The van der Waals surface area contributed by atoms with Gasteiger partial charge in [-0.25, -0.2) is 15.0 Å². The molecule has 0 N–H and O–H groups in total. The van der Waals surface area contributed by atoms with Crippen LogP contribution in [0.15, 0.2) is 253 Å². The number of hydrogen-bond acceptors (Lipinski definition) is 4. The molecule has 0 unspecified atom stereocenters. The minimum Gasteiger partial charge on any atom is -0.455 e. The third kappa shape index (κ3) is 6.34.